The molecule has 198 valence electrons. The van der Waals surface area contributed by atoms with Gasteiger partial charge in [-0.3, -0.25) is 14.4 Å². The Morgan fingerprint density at radius 2 is 1.61 bits per heavy atom. The van der Waals surface area contributed by atoms with Crippen LogP contribution in [-0.4, -0.2) is 63.5 Å². The first-order valence-corrected chi connectivity index (χ1v) is 14.9. The van der Waals surface area contributed by atoms with Crippen molar-refractivity contribution < 1.29 is 13.2 Å². The molecule has 0 unspecified atom stereocenters. The van der Waals surface area contributed by atoms with Crippen LogP contribution in [0.1, 0.15) is 21.5 Å². The number of piperazine rings is 1. The number of rotatable bonds is 8. The van der Waals surface area contributed by atoms with Gasteiger partial charge in [-0.1, -0.05) is 53.8 Å². The van der Waals surface area contributed by atoms with Crippen LogP contribution in [0.3, 0.4) is 0 Å². The first kappa shape index (κ1) is 26.1. The van der Waals surface area contributed by atoms with E-state index in [1.807, 2.05) is 0 Å². The van der Waals surface area contributed by atoms with Crippen LogP contribution in [0.25, 0.3) is 10.2 Å². The Morgan fingerprint density at radius 3 is 2.34 bits per heavy atom. The molecular weight excluding hydrogens is 518 g/mol. The van der Waals surface area contributed by atoms with Gasteiger partial charge in [0.2, 0.25) is 0 Å². The number of anilines is 2. The summed E-state index contributed by atoms with van der Waals surface area (Å²) in [7, 11) is -3.80. The van der Waals surface area contributed by atoms with Crippen molar-refractivity contribution in [1.82, 2.24) is 15.2 Å². The molecule has 1 fully saturated rings. The highest BCUT2D eigenvalue weighted by atomic mass is 32.2. The van der Waals surface area contributed by atoms with Crippen molar-refractivity contribution in [3.63, 3.8) is 0 Å². The van der Waals surface area contributed by atoms with E-state index in [2.05, 4.69) is 45.8 Å². The summed E-state index contributed by atoms with van der Waals surface area (Å²) in [6, 6.07) is 19.0. The summed E-state index contributed by atoms with van der Waals surface area (Å²) in [6.45, 7) is 8.97. The number of nitrogens with zero attached hydrogens (tertiary/aromatic N) is 3. The molecule has 1 aliphatic heterocycles. The summed E-state index contributed by atoms with van der Waals surface area (Å²) in [5.41, 5.74) is 4.11. The van der Waals surface area contributed by atoms with Crippen molar-refractivity contribution in [2.45, 2.75) is 18.7 Å². The number of para-hydroxylation sites is 1. The summed E-state index contributed by atoms with van der Waals surface area (Å²) in [5.74, 6) is -0.310. The quantitative estimate of drug-likeness (QED) is 0.341. The van der Waals surface area contributed by atoms with E-state index in [9.17, 15) is 13.2 Å². The van der Waals surface area contributed by atoms with Gasteiger partial charge in [0.25, 0.3) is 15.9 Å². The maximum Gasteiger partial charge on any atom is 0.261 e. The fraction of sp³-hybridized carbons (Fsp3) is 0.286. The number of sulfonamides is 1. The zero-order valence-electron chi connectivity index (χ0n) is 21.5. The molecule has 5 rings (SSSR count). The van der Waals surface area contributed by atoms with Gasteiger partial charge in [-0.25, -0.2) is 13.4 Å². The largest absolute Gasteiger partial charge is 0.351 e. The minimum atomic E-state index is -3.80. The Balaban J connectivity index is 1.14. The number of aryl methyl sites for hydroxylation is 2. The molecule has 2 N–H and O–H groups in total. The predicted molar refractivity (Wildman–Crippen MR) is 154 cm³/mol. The van der Waals surface area contributed by atoms with Crippen LogP contribution in [0.2, 0.25) is 0 Å². The van der Waals surface area contributed by atoms with Gasteiger partial charge in [-0.15, -0.1) is 0 Å². The molecule has 1 amide bonds. The number of hydrogen-bond acceptors (Lipinski definition) is 7. The second-order valence-electron chi connectivity index (χ2n) is 9.42. The lowest BCUT2D eigenvalue weighted by Crippen LogP contribution is -2.48. The van der Waals surface area contributed by atoms with Gasteiger partial charge in [-0.2, -0.15) is 0 Å². The number of aromatic nitrogens is 1. The minimum absolute atomic E-state index is 0.144. The highest BCUT2D eigenvalue weighted by Crippen LogP contribution is 2.33. The van der Waals surface area contributed by atoms with E-state index >= 15 is 0 Å². The molecule has 8 nitrogen and oxygen atoms in total. The maximum absolute atomic E-state index is 12.9. The number of nitrogens with one attached hydrogen (secondary N) is 2. The van der Waals surface area contributed by atoms with Gasteiger partial charge < -0.3 is 10.2 Å². The first-order valence-electron chi connectivity index (χ1n) is 12.6. The molecule has 0 bridgehead atoms. The third kappa shape index (κ3) is 5.67. The van der Waals surface area contributed by atoms with Gasteiger partial charge in [0.1, 0.15) is 0 Å². The van der Waals surface area contributed by atoms with Gasteiger partial charge in [-0.05, 0) is 49.2 Å². The Morgan fingerprint density at radius 1 is 0.921 bits per heavy atom. The molecule has 1 aromatic heterocycles. The van der Waals surface area contributed by atoms with Crippen LogP contribution in [0.15, 0.2) is 71.6 Å². The molecule has 0 saturated carbocycles. The van der Waals surface area contributed by atoms with Crippen molar-refractivity contribution in [1.29, 1.82) is 0 Å². The molecule has 0 atom stereocenters. The SMILES string of the molecule is Cc1ccc(C)c2sc(N3CCN(CCNC(=O)c4ccccc4NS(=O)(=O)c4ccccc4)CC3)nc12. The molecular formula is C28H31N5O3S2. The summed E-state index contributed by atoms with van der Waals surface area (Å²) < 4.78 is 29.3. The summed E-state index contributed by atoms with van der Waals surface area (Å²) in [5, 5.41) is 4.02. The molecule has 1 aliphatic rings. The molecule has 38 heavy (non-hydrogen) atoms. The van der Waals surface area contributed by atoms with Crippen LogP contribution >= 0.6 is 11.3 Å². The number of carbonyl (C=O) groups is 1. The molecule has 0 spiro atoms. The first-order chi connectivity index (χ1) is 18.3. The molecule has 0 radical (unpaired) electrons. The molecule has 3 aromatic carbocycles. The lowest BCUT2D eigenvalue weighted by Gasteiger charge is -2.34. The number of fused-ring (bicyclic) bond motifs is 1. The Labute approximate surface area is 227 Å². The summed E-state index contributed by atoms with van der Waals surface area (Å²) >= 11 is 1.76. The second-order valence-corrected chi connectivity index (χ2v) is 12.1. The van der Waals surface area contributed by atoms with Crippen molar-refractivity contribution in [2.24, 2.45) is 0 Å². The van der Waals surface area contributed by atoms with Gasteiger partial charge in [0.05, 0.1) is 26.4 Å². The van der Waals surface area contributed by atoms with Crippen LogP contribution in [0.4, 0.5) is 10.8 Å². The molecule has 10 heteroatoms. The fourth-order valence-electron chi connectivity index (χ4n) is 4.54. The smallest absolute Gasteiger partial charge is 0.261 e. The van der Waals surface area contributed by atoms with Gasteiger partial charge >= 0.3 is 0 Å². The average Bonchev–Trinajstić information content (AvgIpc) is 3.39. The van der Waals surface area contributed by atoms with E-state index in [0.717, 1.165) is 43.4 Å². The molecule has 4 aromatic rings. The Bertz CT molecular complexity index is 1510. The zero-order valence-corrected chi connectivity index (χ0v) is 23.1. The normalized spacial score (nSPS) is 14.5. The Kier molecular flexibility index (Phi) is 7.64. The number of carbonyl (C=O) groups excluding carboxylic acids is 1. The highest BCUT2D eigenvalue weighted by molar-refractivity contribution is 7.92. The third-order valence-electron chi connectivity index (χ3n) is 6.76. The van der Waals surface area contributed by atoms with Crippen LogP contribution < -0.4 is 14.9 Å². The van der Waals surface area contributed by atoms with E-state index < -0.39 is 10.0 Å². The van der Waals surface area contributed by atoms with Crippen molar-refractivity contribution >= 4 is 48.3 Å². The number of thiazole rings is 1. The number of amides is 1. The minimum Gasteiger partial charge on any atom is -0.351 e. The van der Waals surface area contributed by atoms with Crippen LogP contribution in [-0.2, 0) is 10.0 Å². The van der Waals surface area contributed by atoms with Crippen LogP contribution in [0.5, 0.6) is 0 Å². The number of benzene rings is 3. The molecule has 1 saturated heterocycles. The number of hydrogen-bond donors (Lipinski definition) is 2. The van der Waals surface area contributed by atoms with Gasteiger partial charge in [0.15, 0.2) is 5.13 Å². The predicted octanol–water partition coefficient (Wildman–Crippen LogP) is 4.27. The van der Waals surface area contributed by atoms with Crippen molar-refractivity contribution in [3.05, 3.63) is 83.4 Å². The summed E-state index contributed by atoms with van der Waals surface area (Å²) in [4.78, 5) is 22.6. The highest BCUT2D eigenvalue weighted by Gasteiger charge is 2.22. The van der Waals surface area contributed by atoms with E-state index in [4.69, 9.17) is 4.98 Å². The maximum atomic E-state index is 12.9. The van der Waals surface area contributed by atoms with Crippen LogP contribution in [0, 0.1) is 13.8 Å². The third-order valence-corrected chi connectivity index (χ3v) is 9.39. The van der Waals surface area contributed by atoms with Gasteiger partial charge in [0, 0.05) is 39.3 Å². The molecule has 2 heterocycles. The lowest BCUT2D eigenvalue weighted by molar-refractivity contribution is 0.0948. The van der Waals surface area contributed by atoms with E-state index in [0.29, 0.717) is 12.1 Å². The van der Waals surface area contributed by atoms with E-state index in [1.54, 1.807) is 53.8 Å². The topological polar surface area (TPSA) is 94.6 Å². The van der Waals surface area contributed by atoms with Crippen molar-refractivity contribution in [2.75, 3.05) is 48.9 Å². The molecule has 0 aliphatic carbocycles. The fourth-order valence-corrected chi connectivity index (χ4v) is 6.81. The average molecular weight is 550 g/mol. The van der Waals surface area contributed by atoms with E-state index in [1.165, 1.54) is 28.0 Å². The summed E-state index contributed by atoms with van der Waals surface area (Å²) in [6.07, 6.45) is 0. The van der Waals surface area contributed by atoms with E-state index in [-0.39, 0.29) is 16.5 Å². The lowest BCUT2D eigenvalue weighted by atomic mass is 10.1. The Hall–Kier alpha value is -3.47. The zero-order chi connectivity index (χ0) is 26.7. The second kappa shape index (κ2) is 11.1. The monoisotopic (exact) mass is 549 g/mol. The standard InChI is InChI=1S/C28H31N5O3S2/c1-20-12-13-21(2)26-25(20)30-28(37-26)33-18-16-32(17-19-33)15-14-29-27(34)23-10-6-7-11-24(23)31-38(35,36)22-8-4-3-5-9-22/h3-13,31H,14-19H2,1-2H3,(H,29,34). The van der Waals surface area contributed by atoms with Crippen molar-refractivity contribution in [3.8, 4) is 0 Å².